The van der Waals surface area contributed by atoms with Gasteiger partial charge in [0, 0.05) is 43.2 Å². The van der Waals surface area contributed by atoms with Crippen LogP contribution in [0.2, 0.25) is 5.02 Å². The van der Waals surface area contributed by atoms with E-state index in [1.54, 1.807) is 0 Å². The Morgan fingerprint density at radius 1 is 0.775 bits per heavy atom. The van der Waals surface area contributed by atoms with Crippen molar-refractivity contribution in [3.05, 3.63) is 105 Å². The molecule has 0 atom stereocenters. The standard InChI is InChI=1S/C34H41ClN2O.2ClH/c1-26-5-7-28(8-6-26)24-36-19-15-27(16-20-36)3-2-4-34(38)32-12-11-30-17-21-37(22-18-31(30)23-32)25-29-9-13-33(35)14-10-29;;/h5-14,23,27H,2-4,15-22,24-25H2,1H3;2*1H. The molecule has 3 aromatic carbocycles. The van der Waals surface area contributed by atoms with Gasteiger partial charge in [0.05, 0.1) is 0 Å². The van der Waals surface area contributed by atoms with Gasteiger partial charge in [0.15, 0.2) is 5.78 Å². The lowest BCUT2D eigenvalue weighted by atomic mass is 9.90. The second-order valence-corrected chi connectivity index (χ2v) is 11.8. The third-order valence-corrected chi connectivity index (χ3v) is 8.74. The summed E-state index contributed by atoms with van der Waals surface area (Å²) in [4.78, 5) is 18.1. The van der Waals surface area contributed by atoms with Crippen LogP contribution < -0.4 is 0 Å². The molecule has 0 bridgehead atoms. The summed E-state index contributed by atoms with van der Waals surface area (Å²) in [6.45, 7) is 8.57. The first-order chi connectivity index (χ1) is 18.5. The molecule has 0 unspecified atom stereocenters. The van der Waals surface area contributed by atoms with Gasteiger partial charge in [-0.2, -0.15) is 0 Å². The zero-order valence-corrected chi connectivity index (χ0v) is 26.0. The molecule has 1 fully saturated rings. The third kappa shape index (κ3) is 9.33. The Morgan fingerprint density at radius 3 is 2.00 bits per heavy atom. The van der Waals surface area contributed by atoms with Crippen molar-refractivity contribution >= 4 is 42.2 Å². The topological polar surface area (TPSA) is 23.6 Å². The molecule has 0 spiro atoms. The summed E-state index contributed by atoms with van der Waals surface area (Å²) in [5.74, 6) is 1.07. The molecule has 3 nitrogen and oxygen atoms in total. The first kappa shape index (κ1) is 32.6. The molecule has 0 aromatic heterocycles. The average Bonchev–Trinajstić information content (AvgIpc) is 3.14. The molecule has 0 aliphatic carbocycles. The van der Waals surface area contributed by atoms with Gasteiger partial charge in [0.2, 0.25) is 0 Å². The highest BCUT2D eigenvalue weighted by Gasteiger charge is 2.20. The Bertz CT molecular complexity index is 1200. The fourth-order valence-corrected chi connectivity index (χ4v) is 6.16. The third-order valence-electron chi connectivity index (χ3n) is 8.49. The summed E-state index contributed by atoms with van der Waals surface area (Å²) < 4.78 is 0. The van der Waals surface area contributed by atoms with Gasteiger partial charge in [-0.05, 0) is 105 Å². The van der Waals surface area contributed by atoms with Gasteiger partial charge >= 0.3 is 0 Å². The van der Waals surface area contributed by atoms with Gasteiger partial charge < -0.3 is 0 Å². The highest BCUT2D eigenvalue weighted by atomic mass is 35.5. The molecule has 0 saturated carbocycles. The second-order valence-electron chi connectivity index (χ2n) is 11.4. The predicted molar refractivity (Wildman–Crippen MR) is 172 cm³/mol. The molecule has 0 amide bonds. The number of nitrogens with zero attached hydrogens (tertiary/aromatic N) is 2. The molecule has 2 heterocycles. The van der Waals surface area contributed by atoms with Crippen LogP contribution in [0.15, 0.2) is 66.7 Å². The van der Waals surface area contributed by atoms with E-state index in [1.165, 1.54) is 60.2 Å². The number of benzene rings is 3. The summed E-state index contributed by atoms with van der Waals surface area (Å²) in [6.07, 6.45) is 7.41. The van der Waals surface area contributed by atoms with Gasteiger partial charge in [0.25, 0.3) is 0 Å². The number of hydrogen-bond donors (Lipinski definition) is 0. The molecule has 0 N–H and O–H groups in total. The second kappa shape index (κ2) is 15.9. The summed E-state index contributed by atoms with van der Waals surface area (Å²) >= 11 is 6.04. The minimum absolute atomic E-state index is 0. The highest BCUT2D eigenvalue weighted by Crippen LogP contribution is 2.25. The van der Waals surface area contributed by atoms with E-state index in [0.717, 1.165) is 61.9 Å². The van der Waals surface area contributed by atoms with Gasteiger partial charge in [-0.15, -0.1) is 24.8 Å². The van der Waals surface area contributed by atoms with E-state index in [4.69, 9.17) is 11.6 Å². The molecule has 6 heteroatoms. The van der Waals surface area contributed by atoms with Crippen molar-refractivity contribution in [2.75, 3.05) is 26.2 Å². The maximum absolute atomic E-state index is 13.0. The van der Waals surface area contributed by atoms with Crippen LogP contribution >= 0.6 is 36.4 Å². The molecule has 5 rings (SSSR count). The molecule has 0 radical (unpaired) electrons. The summed E-state index contributed by atoms with van der Waals surface area (Å²) in [5.41, 5.74) is 7.70. The largest absolute Gasteiger partial charge is 0.299 e. The molecular weight excluding hydrogens is 559 g/mol. The molecule has 3 aromatic rings. The van der Waals surface area contributed by atoms with Gasteiger partial charge in [-0.25, -0.2) is 0 Å². The number of likely N-dealkylation sites (tertiary alicyclic amines) is 1. The van der Waals surface area contributed by atoms with Crippen LogP contribution in [0.1, 0.15) is 70.3 Å². The number of piperidine rings is 1. The lowest BCUT2D eigenvalue weighted by molar-refractivity contribution is 0.0974. The monoisotopic (exact) mass is 600 g/mol. The zero-order chi connectivity index (χ0) is 26.3. The Labute approximate surface area is 258 Å². The molecule has 40 heavy (non-hydrogen) atoms. The first-order valence-corrected chi connectivity index (χ1v) is 14.8. The zero-order valence-electron chi connectivity index (χ0n) is 23.6. The lowest BCUT2D eigenvalue weighted by Gasteiger charge is -2.32. The van der Waals surface area contributed by atoms with E-state index in [1.807, 2.05) is 12.1 Å². The molecule has 216 valence electrons. The number of halogens is 3. The van der Waals surface area contributed by atoms with Crippen LogP contribution in [0.3, 0.4) is 0 Å². The van der Waals surface area contributed by atoms with Crippen molar-refractivity contribution in [1.82, 2.24) is 9.80 Å². The number of Topliss-reactive ketones (excluding diaryl/α,β-unsaturated/α-hetero) is 1. The van der Waals surface area contributed by atoms with Crippen molar-refractivity contribution in [2.24, 2.45) is 5.92 Å². The lowest BCUT2D eigenvalue weighted by Crippen LogP contribution is -2.33. The SMILES string of the molecule is Cc1ccc(CN2CCC(CCCC(=O)c3ccc4c(c3)CCN(Cc3ccc(Cl)cc3)CC4)CC2)cc1.Cl.Cl. The number of ketones is 1. The maximum atomic E-state index is 13.0. The number of carbonyl (C=O) groups excluding carboxylic acids is 1. The first-order valence-electron chi connectivity index (χ1n) is 14.4. The fraction of sp³-hybridized carbons (Fsp3) is 0.441. The number of aryl methyl sites for hydroxylation is 1. The number of hydrogen-bond acceptors (Lipinski definition) is 3. The van der Waals surface area contributed by atoms with Gasteiger partial charge in [0.1, 0.15) is 0 Å². The van der Waals surface area contributed by atoms with Crippen molar-refractivity contribution in [2.45, 2.75) is 65.0 Å². The highest BCUT2D eigenvalue weighted by molar-refractivity contribution is 6.30. The maximum Gasteiger partial charge on any atom is 0.162 e. The van der Waals surface area contributed by atoms with Crippen LogP contribution in [-0.2, 0) is 25.9 Å². The Kier molecular flexibility index (Phi) is 13.0. The van der Waals surface area contributed by atoms with Crippen LogP contribution in [0, 0.1) is 12.8 Å². The minimum Gasteiger partial charge on any atom is -0.299 e. The molecule has 2 aliphatic heterocycles. The number of carbonyl (C=O) groups is 1. The number of fused-ring (bicyclic) bond motifs is 1. The quantitative estimate of drug-likeness (QED) is 0.230. The van der Waals surface area contributed by atoms with Gasteiger partial charge in [-0.3, -0.25) is 14.6 Å². The molecule has 1 saturated heterocycles. The molecule has 2 aliphatic rings. The summed E-state index contributed by atoms with van der Waals surface area (Å²) in [5, 5.41) is 0.786. The van der Waals surface area contributed by atoms with E-state index in [0.29, 0.717) is 12.2 Å². The van der Waals surface area contributed by atoms with E-state index < -0.39 is 0 Å². The van der Waals surface area contributed by atoms with Crippen LogP contribution in [0.25, 0.3) is 0 Å². The van der Waals surface area contributed by atoms with Crippen LogP contribution in [0.4, 0.5) is 0 Å². The van der Waals surface area contributed by atoms with Crippen LogP contribution in [0.5, 0.6) is 0 Å². The van der Waals surface area contributed by atoms with Crippen molar-refractivity contribution in [3.8, 4) is 0 Å². The fourth-order valence-electron chi connectivity index (χ4n) is 6.03. The predicted octanol–water partition coefficient (Wildman–Crippen LogP) is 8.36. The van der Waals surface area contributed by atoms with Crippen molar-refractivity contribution < 1.29 is 4.79 Å². The Hall–Kier alpha value is -1.88. The van der Waals surface area contributed by atoms with E-state index >= 15 is 0 Å². The van der Waals surface area contributed by atoms with Crippen LogP contribution in [-0.4, -0.2) is 41.8 Å². The Morgan fingerprint density at radius 2 is 1.35 bits per heavy atom. The minimum atomic E-state index is 0. The Balaban J connectivity index is 0.00000220. The smallest absolute Gasteiger partial charge is 0.162 e. The van der Waals surface area contributed by atoms with E-state index in [9.17, 15) is 4.79 Å². The van der Waals surface area contributed by atoms with E-state index in [2.05, 4.69) is 71.3 Å². The summed E-state index contributed by atoms with van der Waals surface area (Å²) in [6, 6.07) is 23.6. The van der Waals surface area contributed by atoms with Crippen molar-refractivity contribution in [1.29, 1.82) is 0 Å². The average molecular weight is 602 g/mol. The van der Waals surface area contributed by atoms with Crippen molar-refractivity contribution in [3.63, 3.8) is 0 Å². The summed E-state index contributed by atoms with van der Waals surface area (Å²) in [7, 11) is 0. The molecular formula is C34H43Cl3N2O. The normalized spacial score (nSPS) is 16.4. The van der Waals surface area contributed by atoms with Gasteiger partial charge in [-0.1, -0.05) is 65.7 Å². The van der Waals surface area contributed by atoms with E-state index in [-0.39, 0.29) is 24.8 Å². The number of rotatable bonds is 9.